The topological polar surface area (TPSA) is 62.8 Å². The molecule has 3 aromatic carbocycles. The fourth-order valence-electron chi connectivity index (χ4n) is 3.49. The Hall–Kier alpha value is -3.26. The Morgan fingerprint density at radius 1 is 0.909 bits per heavy atom. The fourth-order valence-corrected chi connectivity index (χ4v) is 3.70. The molecule has 0 aromatic heterocycles. The Morgan fingerprint density at radius 3 is 2.30 bits per heavy atom. The van der Waals surface area contributed by atoms with Crippen molar-refractivity contribution in [1.82, 2.24) is 10.2 Å². The van der Waals surface area contributed by atoms with Crippen molar-refractivity contribution in [3.63, 3.8) is 0 Å². The van der Waals surface area contributed by atoms with Crippen LogP contribution in [0.2, 0.25) is 0 Å². The highest BCUT2D eigenvalue weighted by Gasteiger charge is 2.11. The molecule has 0 saturated carbocycles. The van der Waals surface area contributed by atoms with Crippen LogP contribution in [0.15, 0.2) is 78.9 Å². The lowest BCUT2D eigenvalue weighted by Crippen LogP contribution is -2.35. The van der Waals surface area contributed by atoms with E-state index < -0.39 is 0 Å². The van der Waals surface area contributed by atoms with Gasteiger partial charge >= 0.3 is 0 Å². The molecule has 1 aliphatic rings. The lowest BCUT2D eigenvalue weighted by molar-refractivity contribution is 0.0342. The molecule has 7 heteroatoms. The van der Waals surface area contributed by atoms with E-state index in [-0.39, 0.29) is 11.0 Å². The van der Waals surface area contributed by atoms with Gasteiger partial charge in [-0.25, -0.2) is 0 Å². The van der Waals surface area contributed by atoms with E-state index in [2.05, 4.69) is 27.7 Å². The summed E-state index contributed by atoms with van der Waals surface area (Å²) in [6.07, 6.45) is 0. The van der Waals surface area contributed by atoms with Crippen molar-refractivity contribution < 1.29 is 14.3 Å². The lowest BCUT2D eigenvalue weighted by atomic mass is 10.2. The van der Waals surface area contributed by atoms with Crippen LogP contribution in [0, 0.1) is 0 Å². The van der Waals surface area contributed by atoms with Crippen LogP contribution in [-0.4, -0.2) is 42.2 Å². The Morgan fingerprint density at radius 2 is 1.61 bits per heavy atom. The van der Waals surface area contributed by atoms with Crippen LogP contribution in [0.4, 0.5) is 5.69 Å². The molecule has 0 bridgehead atoms. The zero-order chi connectivity index (χ0) is 22.9. The molecule has 2 N–H and O–H groups in total. The highest BCUT2D eigenvalue weighted by molar-refractivity contribution is 7.80. The summed E-state index contributed by atoms with van der Waals surface area (Å²) in [6, 6.07) is 25.0. The predicted octanol–water partition coefficient (Wildman–Crippen LogP) is 4.22. The van der Waals surface area contributed by atoms with Crippen LogP contribution >= 0.6 is 12.2 Å². The molecule has 1 amide bonds. The molecular formula is C26H27N3O3S. The molecule has 3 aromatic rings. The summed E-state index contributed by atoms with van der Waals surface area (Å²) in [5, 5.41) is 6.04. The van der Waals surface area contributed by atoms with Crippen molar-refractivity contribution in [1.29, 1.82) is 0 Å². The molecule has 4 rings (SSSR count). The van der Waals surface area contributed by atoms with Gasteiger partial charge in [0.15, 0.2) is 5.11 Å². The van der Waals surface area contributed by atoms with Gasteiger partial charge in [-0.15, -0.1) is 0 Å². The predicted molar refractivity (Wildman–Crippen MR) is 133 cm³/mol. The summed E-state index contributed by atoms with van der Waals surface area (Å²) < 4.78 is 11.2. The van der Waals surface area contributed by atoms with Crippen molar-refractivity contribution in [2.24, 2.45) is 0 Å². The minimum absolute atomic E-state index is 0.255. The molecule has 1 aliphatic heterocycles. The van der Waals surface area contributed by atoms with E-state index in [0.717, 1.165) is 44.1 Å². The molecule has 0 spiro atoms. The summed E-state index contributed by atoms with van der Waals surface area (Å²) in [6.45, 7) is 4.86. The van der Waals surface area contributed by atoms with E-state index in [1.165, 1.54) is 5.56 Å². The minimum atomic E-state index is -0.272. The van der Waals surface area contributed by atoms with Crippen LogP contribution in [0.3, 0.4) is 0 Å². The quantitative estimate of drug-likeness (QED) is 0.514. The average Bonchev–Trinajstić information content (AvgIpc) is 2.85. The number of morpholine rings is 1. The number of hydrogen-bond acceptors (Lipinski definition) is 5. The number of rotatable bonds is 7. The summed E-state index contributed by atoms with van der Waals surface area (Å²) in [7, 11) is 0. The number of carbonyl (C=O) groups is 1. The van der Waals surface area contributed by atoms with Crippen LogP contribution < -0.4 is 15.4 Å². The number of anilines is 1. The second-order valence-corrected chi connectivity index (χ2v) is 8.20. The number of benzene rings is 3. The molecule has 0 aliphatic carbocycles. The molecule has 6 nitrogen and oxygen atoms in total. The number of nitrogens with zero attached hydrogens (tertiary/aromatic N) is 1. The smallest absolute Gasteiger partial charge is 0.257 e. The van der Waals surface area contributed by atoms with E-state index in [1.807, 2.05) is 42.5 Å². The summed E-state index contributed by atoms with van der Waals surface area (Å²) >= 11 is 5.31. The van der Waals surface area contributed by atoms with Gasteiger partial charge in [0.05, 0.1) is 13.2 Å². The average molecular weight is 462 g/mol. The Bertz CT molecular complexity index is 1050. The van der Waals surface area contributed by atoms with E-state index in [4.69, 9.17) is 21.7 Å². The first-order valence-electron chi connectivity index (χ1n) is 10.9. The van der Waals surface area contributed by atoms with Crippen LogP contribution in [0.25, 0.3) is 0 Å². The molecule has 0 atom stereocenters. The molecular weight excluding hydrogens is 434 g/mol. The standard InChI is InChI=1S/C26H27N3O3S/c30-25(22-8-12-24(13-9-22)32-19-21-4-2-1-3-5-21)28-26(33)27-23-10-6-20(7-11-23)18-29-14-16-31-17-15-29/h1-13H,14-19H2,(H2,27,28,30,33). The number of hydrogen-bond donors (Lipinski definition) is 2. The van der Waals surface area contributed by atoms with Gasteiger partial charge in [0.25, 0.3) is 5.91 Å². The Labute approximate surface area is 199 Å². The number of ether oxygens (including phenoxy) is 2. The van der Waals surface area contributed by atoms with E-state index >= 15 is 0 Å². The zero-order valence-corrected chi connectivity index (χ0v) is 19.1. The molecule has 1 heterocycles. The normalized spacial score (nSPS) is 13.8. The summed E-state index contributed by atoms with van der Waals surface area (Å²) in [5.41, 5.74) is 3.65. The third kappa shape index (κ3) is 7.12. The fraction of sp³-hybridized carbons (Fsp3) is 0.231. The summed E-state index contributed by atoms with van der Waals surface area (Å²) in [4.78, 5) is 14.9. The summed E-state index contributed by atoms with van der Waals surface area (Å²) in [5.74, 6) is 0.430. The first-order valence-corrected chi connectivity index (χ1v) is 11.3. The molecule has 1 saturated heterocycles. The maximum absolute atomic E-state index is 12.5. The highest BCUT2D eigenvalue weighted by Crippen LogP contribution is 2.15. The van der Waals surface area contributed by atoms with Gasteiger partial charge in [0.1, 0.15) is 12.4 Å². The second-order valence-electron chi connectivity index (χ2n) is 7.79. The van der Waals surface area contributed by atoms with E-state index in [0.29, 0.717) is 17.9 Å². The van der Waals surface area contributed by atoms with Gasteiger partial charge in [-0.1, -0.05) is 42.5 Å². The van der Waals surface area contributed by atoms with Gasteiger partial charge in [0, 0.05) is 30.9 Å². The van der Waals surface area contributed by atoms with Crippen molar-refractivity contribution >= 4 is 28.9 Å². The molecule has 1 fully saturated rings. The van der Waals surface area contributed by atoms with Crippen molar-refractivity contribution in [3.8, 4) is 5.75 Å². The van der Waals surface area contributed by atoms with E-state index in [1.54, 1.807) is 24.3 Å². The number of carbonyl (C=O) groups excluding carboxylic acids is 1. The van der Waals surface area contributed by atoms with E-state index in [9.17, 15) is 4.79 Å². The third-order valence-corrected chi connectivity index (χ3v) is 5.52. The number of nitrogens with one attached hydrogen (secondary N) is 2. The van der Waals surface area contributed by atoms with Crippen LogP contribution in [0.5, 0.6) is 5.75 Å². The maximum atomic E-state index is 12.5. The SMILES string of the molecule is O=C(NC(=S)Nc1ccc(CN2CCOCC2)cc1)c1ccc(OCc2ccccc2)cc1. The van der Waals surface area contributed by atoms with Gasteiger partial charge in [-0.3, -0.25) is 15.0 Å². The molecule has 0 radical (unpaired) electrons. The third-order valence-electron chi connectivity index (χ3n) is 5.31. The van der Waals surface area contributed by atoms with Crippen LogP contribution in [0.1, 0.15) is 21.5 Å². The van der Waals surface area contributed by atoms with Crippen LogP contribution in [-0.2, 0) is 17.9 Å². The zero-order valence-electron chi connectivity index (χ0n) is 18.3. The largest absolute Gasteiger partial charge is 0.489 e. The lowest BCUT2D eigenvalue weighted by Gasteiger charge is -2.26. The van der Waals surface area contributed by atoms with Crippen molar-refractivity contribution in [3.05, 3.63) is 95.6 Å². The maximum Gasteiger partial charge on any atom is 0.257 e. The number of amides is 1. The molecule has 33 heavy (non-hydrogen) atoms. The van der Waals surface area contributed by atoms with Crippen molar-refractivity contribution in [2.45, 2.75) is 13.2 Å². The monoisotopic (exact) mass is 461 g/mol. The Balaban J connectivity index is 1.23. The van der Waals surface area contributed by atoms with Gasteiger partial charge in [-0.2, -0.15) is 0 Å². The van der Waals surface area contributed by atoms with Gasteiger partial charge in [0.2, 0.25) is 0 Å². The molecule has 0 unspecified atom stereocenters. The number of thiocarbonyl (C=S) groups is 1. The second kappa shape index (κ2) is 11.6. The van der Waals surface area contributed by atoms with Gasteiger partial charge < -0.3 is 14.8 Å². The first-order chi connectivity index (χ1) is 16.2. The Kier molecular flexibility index (Phi) is 8.03. The minimum Gasteiger partial charge on any atom is -0.489 e. The first kappa shape index (κ1) is 22.9. The highest BCUT2D eigenvalue weighted by atomic mass is 32.1. The molecule has 170 valence electrons. The van der Waals surface area contributed by atoms with Crippen molar-refractivity contribution in [2.75, 3.05) is 31.6 Å². The van der Waals surface area contributed by atoms with Gasteiger partial charge in [-0.05, 0) is 59.7 Å².